The highest BCUT2D eigenvalue weighted by Crippen LogP contribution is 2.26. The van der Waals surface area contributed by atoms with Crippen LogP contribution in [0.5, 0.6) is 0 Å². The molecule has 1 aromatic heterocycles. The van der Waals surface area contributed by atoms with Gasteiger partial charge in [0.2, 0.25) is 0 Å². The monoisotopic (exact) mass is 366 g/mol. The molecular formula is C20H23FN6. The van der Waals surface area contributed by atoms with Gasteiger partial charge in [-0.15, -0.1) is 0 Å². The molecule has 2 aliphatic rings. The summed E-state index contributed by atoms with van der Waals surface area (Å²) in [4.78, 5) is 15.9. The van der Waals surface area contributed by atoms with E-state index in [-0.39, 0.29) is 5.56 Å². The quantitative estimate of drug-likeness (QED) is 0.832. The molecule has 0 spiro atoms. The van der Waals surface area contributed by atoms with E-state index < -0.39 is 5.82 Å². The number of halogens is 1. The molecule has 27 heavy (non-hydrogen) atoms. The Morgan fingerprint density at radius 3 is 2.15 bits per heavy atom. The molecule has 2 saturated heterocycles. The number of hydrogen-bond acceptors (Lipinski definition) is 6. The van der Waals surface area contributed by atoms with E-state index in [0.717, 1.165) is 56.7 Å². The number of hydrogen-bond donors (Lipinski definition) is 0. The average Bonchev–Trinajstić information content (AvgIpc) is 3.22. The van der Waals surface area contributed by atoms with E-state index in [1.807, 2.05) is 19.1 Å². The largest absolute Gasteiger partial charge is 0.367 e. The number of piperazine rings is 1. The van der Waals surface area contributed by atoms with Crippen molar-refractivity contribution in [2.45, 2.75) is 19.8 Å². The highest BCUT2D eigenvalue weighted by molar-refractivity contribution is 5.61. The number of rotatable bonds is 3. The van der Waals surface area contributed by atoms with Gasteiger partial charge in [0.15, 0.2) is 0 Å². The van der Waals surface area contributed by atoms with E-state index in [4.69, 9.17) is 0 Å². The minimum atomic E-state index is -0.459. The fourth-order valence-electron chi connectivity index (χ4n) is 3.87. The number of aryl methyl sites for hydroxylation is 1. The zero-order valence-electron chi connectivity index (χ0n) is 15.5. The van der Waals surface area contributed by atoms with Crippen molar-refractivity contribution in [3.63, 3.8) is 0 Å². The van der Waals surface area contributed by atoms with Gasteiger partial charge in [-0.05, 0) is 31.9 Å². The maximum atomic E-state index is 13.9. The molecule has 0 amide bonds. The van der Waals surface area contributed by atoms with Gasteiger partial charge < -0.3 is 14.7 Å². The van der Waals surface area contributed by atoms with E-state index >= 15 is 0 Å². The third-order valence-corrected chi connectivity index (χ3v) is 5.29. The lowest BCUT2D eigenvalue weighted by molar-refractivity contribution is 0.615. The molecule has 0 saturated carbocycles. The predicted molar refractivity (Wildman–Crippen MR) is 104 cm³/mol. The van der Waals surface area contributed by atoms with Crippen molar-refractivity contribution in [2.24, 2.45) is 0 Å². The molecule has 0 unspecified atom stereocenters. The molecule has 0 bridgehead atoms. The van der Waals surface area contributed by atoms with Gasteiger partial charge in [-0.3, -0.25) is 0 Å². The van der Waals surface area contributed by atoms with Crippen LogP contribution < -0.4 is 14.7 Å². The second-order valence-corrected chi connectivity index (χ2v) is 7.05. The minimum absolute atomic E-state index is 0.125. The van der Waals surface area contributed by atoms with Crippen LogP contribution in [0.3, 0.4) is 0 Å². The molecule has 2 aliphatic heterocycles. The minimum Gasteiger partial charge on any atom is -0.367 e. The molecule has 6 nitrogen and oxygen atoms in total. The van der Waals surface area contributed by atoms with E-state index in [0.29, 0.717) is 5.69 Å². The van der Waals surface area contributed by atoms with Crippen molar-refractivity contribution in [1.82, 2.24) is 9.97 Å². The van der Waals surface area contributed by atoms with Crippen molar-refractivity contribution in [3.8, 4) is 6.07 Å². The van der Waals surface area contributed by atoms with Crippen molar-refractivity contribution < 1.29 is 4.39 Å². The number of anilines is 3. The van der Waals surface area contributed by atoms with Gasteiger partial charge in [-0.25, -0.2) is 14.4 Å². The zero-order chi connectivity index (χ0) is 18.8. The van der Waals surface area contributed by atoms with Crippen molar-refractivity contribution in [3.05, 3.63) is 41.5 Å². The fourth-order valence-corrected chi connectivity index (χ4v) is 3.87. The van der Waals surface area contributed by atoms with Gasteiger partial charge in [-0.2, -0.15) is 5.26 Å². The first-order valence-corrected chi connectivity index (χ1v) is 9.45. The molecule has 2 aromatic rings. The Morgan fingerprint density at radius 2 is 1.52 bits per heavy atom. The molecular weight excluding hydrogens is 343 g/mol. The summed E-state index contributed by atoms with van der Waals surface area (Å²) in [7, 11) is 0. The standard InChI is InChI=1S/C20H23FN6/c1-15-23-19(26-7-2-3-8-26)13-20(24-15)27-11-9-25(10-12-27)18-6-4-5-17(21)16(18)14-22/h4-6,13H,2-3,7-12H2,1H3. The Hall–Kier alpha value is -2.88. The third kappa shape index (κ3) is 3.52. The van der Waals surface area contributed by atoms with E-state index in [9.17, 15) is 9.65 Å². The lowest BCUT2D eigenvalue weighted by atomic mass is 10.1. The second kappa shape index (κ2) is 7.39. The highest BCUT2D eigenvalue weighted by atomic mass is 19.1. The van der Waals surface area contributed by atoms with Crippen LogP contribution in [0, 0.1) is 24.1 Å². The van der Waals surface area contributed by atoms with Crippen molar-refractivity contribution in [1.29, 1.82) is 5.26 Å². The highest BCUT2D eigenvalue weighted by Gasteiger charge is 2.23. The van der Waals surface area contributed by atoms with Crippen molar-refractivity contribution in [2.75, 3.05) is 54.0 Å². The average molecular weight is 366 g/mol. The Kier molecular flexibility index (Phi) is 4.80. The maximum Gasteiger partial charge on any atom is 0.143 e. The summed E-state index contributed by atoms with van der Waals surface area (Å²) in [5.41, 5.74) is 0.800. The van der Waals surface area contributed by atoms with Gasteiger partial charge in [0.25, 0.3) is 0 Å². The molecule has 0 atom stereocenters. The van der Waals surface area contributed by atoms with Gasteiger partial charge in [0, 0.05) is 45.3 Å². The Labute approximate surface area is 158 Å². The van der Waals surface area contributed by atoms with E-state index in [2.05, 4.69) is 30.7 Å². The second-order valence-electron chi connectivity index (χ2n) is 7.05. The van der Waals surface area contributed by atoms with Crippen LogP contribution in [0.25, 0.3) is 0 Å². The molecule has 140 valence electrons. The number of nitrogens with zero attached hydrogens (tertiary/aromatic N) is 6. The summed E-state index contributed by atoms with van der Waals surface area (Å²) in [5, 5.41) is 9.28. The predicted octanol–water partition coefficient (Wildman–Crippen LogP) is 2.72. The SMILES string of the molecule is Cc1nc(N2CCCC2)cc(N2CCN(c3cccc(F)c3C#N)CC2)n1. The molecule has 7 heteroatoms. The Balaban J connectivity index is 1.50. The maximum absolute atomic E-state index is 13.9. The molecule has 0 N–H and O–H groups in total. The van der Waals surface area contributed by atoms with Gasteiger partial charge in [0.05, 0.1) is 5.69 Å². The molecule has 2 fully saturated rings. The van der Waals surface area contributed by atoms with Crippen LogP contribution in [0.15, 0.2) is 24.3 Å². The summed E-state index contributed by atoms with van der Waals surface area (Å²) in [6.45, 7) is 7.04. The molecule has 0 aliphatic carbocycles. The summed E-state index contributed by atoms with van der Waals surface area (Å²) >= 11 is 0. The smallest absolute Gasteiger partial charge is 0.143 e. The first-order chi connectivity index (χ1) is 13.2. The van der Waals surface area contributed by atoms with Gasteiger partial charge >= 0.3 is 0 Å². The first-order valence-electron chi connectivity index (χ1n) is 9.45. The Bertz CT molecular complexity index is 863. The fraction of sp³-hybridized carbons (Fsp3) is 0.450. The summed E-state index contributed by atoms with van der Waals surface area (Å²) in [5.74, 6) is 2.28. The normalized spacial score (nSPS) is 17.3. The zero-order valence-corrected chi connectivity index (χ0v) is 15.5. The first kappa shape index (κ1) is 17.5. The van der Waals surface area contributed by atoms with Gasteiger partial charge in [-0.1, -0.05) is 6.07 Å². The summed E-state index contributed by atoms with van der Waals surface area (Å²) in [6, 6.07) is 8.89. The topological polar surface area (TPSA) is 59.3 Å². The number of benzene rings is 1. The lowest BCUT2D eigenvalue weighted by Gasteiger charge is -2.37. The summed E-state index contributed by atoms with van der Waals surface area (Å²) < 4.78 is 13.9. The van der Waals surface area contributed by atoms with Crippen LogP contribution in [0.1, 0.15) is 24.2 Å². The summed E-state index contributed by atoms with van der Waals surface area (Å²) in [6.07, 6.45) is 2.43. The molecule has 0 radical (unpaired) electrons. The lowest BCUT2D eigenvalue weighted by Crippen LogP contribution is -2.47. The Morgan fingerprint density at radius 1 is 0.926 bits per heavy atom. The van der Waals surface area contributed by atoms with E-state index in [1.54, 1.807) is 6.07 Å². The van der Waals surface area contributed by atoms with Crippen LogP contribution in [0.2, 0.25) is 0 Å². The molecule has 3 heterocycles. The van der Waals surface area contributed by atoms with Crippen LogP contribution in [0.4, 0.5) is 21.7 Å². The molecule has 4 rings (SSSR count). The number of nitriles is 1. The van der Waals surface area contributed by atoms with Crippen LogP contribution in [-0.2, 0) is 0 Å². The third-order valence-electron chi connectivity index (χ3n) is 5.29. The number of aromatic nitrogens is 2. The van der Waals surface area contributed by atoms with Crippen LogP contribution >= 0.6 is 0 Å². The van der Waals surface area contributed by atoms with Gasteiger partial charge in [0.1, 0.15) is 34.9 Å². The molecule has 1 aromatic carbocycles. The van der Waals surface area contributed by atoms with E-state index in [1.165, 1.54) is 18.9 Å². The van der Waals surface area contributed by atoms with Crippen molar-refractivity contribution >= 4 is 17.3 Å². The van der Waals surface area contributed by atoms with Crippen LogP contribution in [-0.4, -0.2) is 49.2 Å².